The molecule has 220 valence electrons. The molecule has 0 bridgehead atoms. The molecule has 0 spiro atoms. The molecule has 0 radical (unpaired) electrons. The molecule has 0 aromatic heterocycles. The van der Waals surface area contributed by atoms with E-state index in [4.69, 9.17) is 0 Å². The fraction of sp³-hybridized carbons (Fsp3) is 0.517. The van der Waals surface area contributed by atoms with Gasteiger partial charge < -0.3 is 15.1 Å². The number of carbonyl (C=O) groups is 2. The molecule has 1 fully saturated rings. The molecule has 40 heavy (non-hydrogen) atoms. The van der Waals surface area contributed by atoms with Crippen LogP contribution in [0.15, 0.2) is 36.4 Å². The molecule has 0 saturated heterocycles. The van der Waals surface area contributed by atoms with Crippen LogP contribution in [0.2, 0.25) is 0 Å². The largest absolute Gasteiger partial charge is 0.416 e. The molecule has 1 saturated carbocycles. The van der Waals surface area contributed by atoms with E-state index in [1.165, 1.54) is 4.90 Å². The number of aryl methyl sites for hydroxylation is 2. The number of nitrogens with zero attached hydrogens (tertiary/aromatic N) is 2. The average molecular weight is 572 g/mol. The minimum atomic E-state index is -5.06. The van der Waals surface area contributed by atoms with Crippen LogP contribution >= 0.6 is 0 Å². The number of nitrogens with one attached hydrogen (secondary N) is 1. The Bertz CT molecular complexity index is 1170. The molecule has 5 nitrogen and oxygen atoms in total. The molecule has 2 unspecified atom stereocenters. The zero-order chi connectivity index (χ0) is 30.0. The van der Waals surface area contributed by atoms with E-state index in [9.17, 15) is 35.9 Å². The molecule has 1 aliphatic rings. The minimum absolute atomic E-state index is 0.00513. The Labute approximate surface area is 230 Å². The lowest BCUT2D eigenvalue weighted by atomic mass is 9.84. The second kappa shape index (κ2) is 12.2. The summed E-state index contributed by atoms with van der Waals surface area (Å²) in [4.78, 5) is 30.5. The van der Waals surface area contributed by atoms with Gasteiger partial charge in [0.15, 0.2) is 0 Å². The summed E-state index contributed by atoms with van der Waals surface area (Å²) in [5, 5.41) is 2.25. The van der Waals surface area contributed by atoms with Crippen molar-refractivity contribution in [1.82, 2.24) is 4.90 Å². The molecule has 2 amide bonds. The van der Waals surface area contributed by atoms with Crippen molar-refractivity contribution in [2.75, 3.05) is 37.4 Å². The molecular weight excluding hydrogens is 536 g/mol. The first-order chi connectivity index (χ1) is 18.5. The predicted molar refractivity (Wildman–Crippen MR) is 142 cm³/mol. The number of amides is 2. The monoisotopic (exact) mass is 571 g/mol. The number of para-hydroxylation sites is 1. The quantitative estimate of drug-likeness (QED) is 0.332. The molecule has 1 aliphatic carbocycles. The van der Waals surface area contributed by atoms with Crippen LogP contribution < -0.4 is 10.2 Å². The third-order valence-corrected chi connectivity index (χ3v) is 7.59. The van der Waals surface area contributed by atoms with E-state index in [0.717, 1.165) is 30.4 Å². The molecule has 0 heterocycles. The molecule has 2 aromatic rings. The van der Waals surface area contributed by atoms with E-state index in [1.54, 1.807) is 21.0 Å². The highest BCUT2D eigenvalue weighted by Gasteiger charge is 2.38. The van der Waals surface area contributed by atoms with Gasteiger partial charge in [0.1, 0.15) is 0 Å². The van der Waals surface area contributed by atoms with Gasteiger partial charge in [0.05, 0.1) is 17.0 Å². The third kappa shape index (κ3) is 7.56. The summed E-state index contributed by atoms with van der Waals surface area (Å²) < 4.78 is 80.3. The number of hydrogen-bond donors (Lipinski definition) is 1. The number of alkyl halides is 6. The Kier molecular flexibility index (Phi) is 9.59. The number of halogens is 6. The van der Waals surface area contributed by atoms with Gasteiger partial charge in [-0.15, -0.1) is 0 Å². The summed E-state index contributed by atoms with van der Waals surface area (Å²) in [6.45, 7) is 6.01. The Hall–Kier alpha value is -3.08. The van der Waals surface area contributed by atoms with Crippen LogP contribution in [0.3, 0.4) is 0 Å². The van der Waals surface area contributed by atoms with Gasteiger partial charge in [0, 0.05) is 37.4 Å². The summed E-state index contributed by atoms with van der Waals surface area (Å²) >= 11 is 0. The molecule has 11 heteroatoms. The van der Waals surface area contributed by atoms with Crippen molar-refractivity contribution in [2.45, 2.75) is 52.4 Å². The van der Waals surface area contributed by atoms with Gasteiger partial charge in [0.25, 0.3) is 0 Å². The smallest absolute Gasteiger partial charge is 0.326 e. The van der Waals surface area contributed by atoms with Crippen LogP contribution in [0.4, 0.5) is 37.7 Å². The molecule has 3 rings (SSSR count). The van der Waals surface area contributed by atoms with Gasteiger partial charge in [0.2, 0.25) is 11.8 Å². The summed E-state index contributed by atoms with van der Waals surface area (Å²) in [7, 11) is 3.38. The second-order valence-electron chi connectivity index (χ2n) is 10.8. The van der Waals surface area contributed by atoms with E-state index in [2.05, 4.69) is 5.32 Å². The van der Waals surface area contributed by atoms with Crippen molar-refractivity contribution in [2.24, 2.45) is 17.8 Å². The van der Waals surface area contributed by atoms with Crippen LogP contribution in [-0.2, 0) is 21.9 Å². The number of rotatable bonds is 9. The summed E-state index contributed by atoms with van der Waals surface area (Å²) in [6, 6.07) is 6.49. The number of hydrogen-bond acceptors (Lipinski definition) is 3. The van der Waals surface area contributed by atoms with Gasteiger partial charge in [-0.05, 0) is 69.0 Å². The van der Waals surface area contributed by atoms with E-state index in [0.29, 0.717) is 30.3 Å². The minimum Gasteiger partial charge on any atom is -0.326 e. The van der Waals surface area contributed by atoms with Gasteiger partial charge in [-0.1, -0.05) is 31.5 Å². The van der Waals surface area contributed by atoms with Crippen LogP contribution in [-0.4, -0.2) is 43.9 Å². The van der Waals surface area contributed by atoms with E-state index in [1.807, 2.05) is 36.9 Å². The van der Waals surface area contributed by atoms with Crippen molar-refractivity contribution < 1.29 is 35.9 Å². The second-order valence-corrected chi connectivity index (χ2v) is 10.8. The number of carbonyl (C=O) groups excluding carboxylic acids is 2. The topological polar surface area (TPSA) is 52.7 Å². The van der Waals surface area contributed by atoms with Crippen LogP contribution in [0.5, 0.6) is 0 Å². The molecule has 1 N–H and O–H groups in total. The van der Waals surface area contributed by atoms with E-state index < -0.39 is 52.8 Å². The summed E-state index contributed by atoms with van der Waals surface area (Å²) in [5.74, 6) is -2.76. The highest BCUT2D eigenvalue weighted by molar-refractivity contribution is 6.01. The van der Waals surface area contributed by atoms with Crippen molar-refractivity contribution in [3.8, 4) is 0 Å². The fourth-order valence-corrected chi connectivity index (χ4v) is 5.18. The lowest BCUT2D eigenvalue weighted by Crippen LogP contribution is -2.45. The Balaban J connectivity index is 1.93. The van der Waals surface area contributed by atoms with Crippen molar-refractivity contribution >= 4 is 23.2 Å². The van der Waals surface area contributed by atoms with E-state index in [-0.39, 0.29) is 12.6 Å². The zero-order valence-electron chi connectivity index (χ0n) is 23.2. The predicted octanol–water partition coefficient (Wildman–Crippen LogP) is 6.93. The fourth-order valence-electron chi connectivity index (χ4n) is 5.18. The first-order valence-corrected chi connectivity index (χ1v) is 13.1. The summed E-state index contributed by atoms with van der Waals surface area (Å²) in [6.07, 6.45) is -6.93. The highest BCUT2D eigenvalue weighted by Crippen LogP contribution is 2.38. The SMILES string of the molecule is Cc1cccc(C)c1N(C)C(=O)C(C)C(CN(C)CC1CCC1)C(=O)Nc1cc(C(F)(F)F)cc(C(F)(F)F)c1. The van der Waals surface area contributed by atoms with Crippen LogP contribution in [0.1, 0.15) is 48.4 Å². The lowest BCUT2D eigenvalue weighted by molar-refractivity contribution is -0.143. The molecule has 2 atom stereocenters. The Morgan fingerprint density at radius 1 is 0.950 bits per heavy atom. The average Bonchev–Trinajstić information content (AvgIpc) is 2.82. The molecule has 0 aliphatic heterocycles. The lowest BCUT2D eigenvalue weighted by Gasteiger charge is -2.34. The number of benzene rings is 2. The maximum absolute atomic E-state index is 13.6. The van der Waals surface area contributed by atoms with Gasteiger partial charge >= 0.3 is 12.4 Å². The maximum atomic E-state index is 13.6. The van der Waals surface area contributed by atoms with E-state index >= 15 is 0 Å². The third-order valence-electron chi connectivity index (χ3n) is 7.59. The van der Waals surface area contributed by atoms with Crippen molar-refractivity contribution in [1.29, 1.82) is 0 Å². The van der Waals surface area contributed by atoms with Crippen molar-refractivity contribution in [3.05, 3.63) is 58.7 Å². The standard InChI is InChI=1S/C29H35F6N3O2/c1-17-8-6-9-18(2)25(17)38(5)27(40)19(3)24(16-37(4)15-20-10-7-11-20)26(39)36-23-13-21(28(30,31)32)12-22(14-23)29(33,34)35/h6,8-9,12-14,19-20,24H,7,10-11,15-16H2,1-5H3,(H,36,39). The maximum Gasteiger partial charge on any atom is 0.416 e. The van der Waals surface area contributed by atoms with Crippen LogP contribution in [0, 0.1) is 31.6 Å². The van der Waals surface area contributed by atoms with Gasteiger partial charge in [-0.3, -0.25) is 9.59 Å². The van der Waals surface area contributed by atoms with Crippen molar-refractivity contribution in [3.63, 3.8) is 0 Å². The first kappa shape index (κ1) is 31.4. The zero-order valence-corrected chi connectivity index (χ0v) is 23.2. The Morgan fingerprint density at radius 2 is 1.48 bits per heavy atom. The Morgan fingerprint density at radius 3 is 1.93 bits per heavy atom. The van der Waals surface area contributed by atoms with Gasteiger partial charge in [-0.2, -0.15) is 26.3 Å². The number of anilines is 2. The first-order valence-electron chi connectivity index (χ1n) is 13.1. The molecule has 2 aromatic carbocycles. The summed E-state index contributed by atoms with van der Waals surface area (Å²) in [5.41, 5.74) is -1.34. The van der Waals surface area contributed by atoms with Crippen LogP contribution in [0.25, 0.3) is 0 Å². The van der Waals surface area contributed by atoms with Gasteiger partial charge in [-0.25, -0.2) is 0 Å². The highest BCUT2D eigenvalue weighted by atomic mass is 19.4. The normalized spacial score (nSPS) is 15.9. The molecular formula is C29H35F6N3O2.